The quantitative estimate of drug-likeness (QED) is 0.0150. The van der Waals surface area contributed by atoms with Crippen LogP contribution in [0.2, 0.25) is 5.02 Å². The van der Waals surface area contributed by atoms with Crippen LogP contribution in [0.25, 0.3) is 10.9 Å². The number of alkyl carbamates (subject to hydrolysis) is 2. The Hall–Kier alpha value is -8.12. The molecule has 88 heavy (non-hydrogen) atoms. The predicted molar refractivity (Wildman–Crippen MR) is 335 cm³/mol. The molecule has 1 heterocycles. The molecule has 24 heteroatoms. The number of hydrogen-bond donors (Lipinski definition) is 8. The molecule has 0 spiro atoms. The molecule has 8 amide bonds. The second-order valence-corrected chi connectivity index (χ2v) is 23.9. The highest BCUT2D eigenvalue weighted by Gasteiger charge is 2.34. The molecule has 1 aromatic heterocycles. The van der Waals surface area contributed by atoms with Crippen molar-refractivity contribution < 1.29 is 57.6 Å². The van der Waals surface area contributed by atoms with Gasteiger partial charge in [0.1, 0.15) is 31.1 Å². The van der Waals surface area contributed by atoms with Crippen molar-refractivity contribution in [2.24, 2.45) is 23.5 Å². The lowest BCUT2D eigenvalue weighted by atomic mass is 9.98. The normalized spacial score (nSPS) is 13.2. The number of carbonyl (C=O) groups excluding carboxylic acids is 7. The third kappa shape index (κ3) is 22.9. The first-order valence-corrected chi connectivity index (χ1v) is 30.0. The van der Waals surface area contributed by atoms with E-state index in [9.17, 15) is 43.5 Å². The largest absolute Gasteiger partial charge is 0.445 e. The minimum Gasteiger partial charge on any atom is -0.445 e. The van der Waals surface area contributed by atoms with E-state index >= 15 is 0 Å². The first kappa shape index (κ1) is 70.6. The molecule has 0 aliphatic rings. The Morgan fingerprint density at radius 2 is 1.41 bits per heavy atom. The number of amides is 8. The number of benzene rings is 4. The zero-order chi connectivity index (χ0) is 64.7. The van der Waals surface area contributed by atoms with Crippen molar-refractivity contribution in [2.75, 3.05) is 44.7 Å². The number of anilines is 1. The van der Waals surface area contributed by atoms with Gasteiger partial charge in [-0.3, -0.25) is 28.5 Å². The summed E-state index contributed by atoms with van der Waals surface area (Å²) in [5.74, 6) is -2.41. The van der Waals surface area contributed by atoms with Crippen LogP contribution in [0.5, 0.6) is 0 Å². The van der Waals surface area contributed by atoms with E-state index in [-0.39, 0.29) is 95.1 Å². The van der Waals surface area contributed by atoms with Crippen molar-refractivity contribution in [3.63, 3.8) is 0 Å². The minimum atomic E-state index is -1.13. The molecule has 23 nitrogen and oxygen atoms in total. The van der Waals surface area contributed by atoms with Crippen LogP contribution in [0.4, 0.5) is 20.1 Å². The first-order valence-electron chi connectivity index (χ1n) is 29.6. The summed E-state index contributed by atoms with van der Waals surface area (Å²) in [6.07, 6.45) is -2.69. The molecule has 0 fully saturated rings. The molecule has 0 aliphatic carbocycles. The summed E-state index contributed by atoms with van der Waals surface area (Å²) in [6.45, 7) is 18.2. The monoisotopic (exact) mass is 1240 g/mol. The van der Waals surface area contributed by atoms with Gasteiger partial charge in [0, 0.05) is 48.9 Å². The summed E-state index contributed by atoms with van der Waals surface area (Å²) < 4.78 is 24.2. The average molecular weight is 1240 g/mol. The van der Waals surface area contributed by atoms with E-state index in [1.54, 1.807) is 98.7 Å². The number of aliphatic hydroxyl groups excluding tert-OH is 1. The number of aryl methyl sites for hydroxylation is 1. The zero-order valence-corrected chi connectivity index (χ0v) is 52.7. The maximum atomic E-state index is 14.7. The van der Waals surface area contributed by atoms with E-state index in [4.69, 9.17) is 41.3 Å². The molecule has 5 atom stereocenters. The van der Waals surface area contributed by atoms with Gasteiger partial charge in [0.25, 0.3) is 11.5 Å². The van der Waals surface area contributed by atoms with Gasteiger partial charge in [0.05, 0.1) is 41.8 Å². The van der Waals surface area contributed by atoms with E-state index in [0.29, 0.717) is 45.0 Å². The summed E-state index contributed by atoms with van der Waals surface area (Å²) in [4.78, 5) is 114. The van der Waals surface area contributed by atoms with E-state index in [2.05, 4.69) is 31.9 Å². The molecule has 4 aromatic carbocycles. The Morgan fingerprint density at radius 1 is 0.750 bits per heavy atom. The van der Waals surface area contributed by atoms with Crippen LogP contribution < -0.4 is 43.2 Å². The number of ether oxygens (including phenoxy) is 4. The van der Waals surface area contributed by atoms with E-state index in [1.807, 2.05) is 77.1 Å². The number of urea groups is 1. The molecule has 5 rings (SSSR count). The van der Waals surface area contributed by atoms with Crippen LogP contribution in [-0.2, 0) is 46.5 Å². The molecular formula is C64H87ClN10O13. The number of aliphatic hydroxyl groups is 1. The molecule has 9 N–H and O–H groups in total. The molecule has 0 aliphatic heterocycles. The molecule has 0 saturated heterocycles. The van der Waals surface area contributed by atoms with Crippen molar-refractivity contribution in [2.45, 2.75) is 144 Å². The number of carbonyl (C=O) groups is 7. The highest BCUT2D eigenvalue weighted by Crippen LogP contribution is 2.31. The summed E-state index contributed by atoms with van der Waals surface area (Å²) in [6, 6.07) is 24.5. The Bertz CT molecular complexity index is 3170. The minimum absolute atomic E-state index is 0.0425. The Morgan fingerprint density at radius 3 is 2.03 bits per heavy atom. The third-order valence-corrected chi connectivity index (χ3v) is 14.2. The fourth-order valence-electron chi connectivity index (χ4n) is 9.34. The summed E-state index contributed by atoms with van der Waals surface area (Å²) >= 11 is 6.42. The molecule has 0 bridgehead atoms. The standard InChI is InChI=1S/C64H87ClN10O13/c1-39(2)51(36-76)87-53(88-64(8,9)10)38-86-63(84)69-32-29-52(77)73-54(40(3)4)58(79)72-49(18-14-30-67-61(66)82)57(78)70-47-26-21-44(22-27-47)37-85-62(83)68-31-15-33-74(59(80)45-23-19-42(7)20-24-45)55(41(5)6)56-71-50-34-46(65)25-28-48(50)60(81)75(56)35-43-16-12-11-13-17-43/h11-13,16-17,19-28,34,39-41,49,51,53-55,76H,14-15,18,29-33,35-38H2,1-10H3,(H,68,83)(H,69,84)(H,70,78)(H,72,79)(H,73,77)(H3,66,67,82)/t49-,51?,53?,54?,55?/m1/s1. The molecule has 4 unspecified atom stereocenters. The number of nitrogens with two attached hydrogens (primary N) is 1. The maximum absolute atomic E-state index is 14.7. The zero-order valence-electron chi connectivity index (χ0n) is 52.0. The number of fused-ring (bicyclic) bond motifs is 1. The smallest absolute Gasteiger partial charge is 0.407 e. The fourth-order valence-corrected chi connectivity index (χ4v) is 9.50. The number of hydrogen-bond acceptors (Lipinski definition) is 14. The molecule has 5 aromatic rings. The van der Waals surface area contributed by atoms with Gasteiger partial charge in [0.2, 0.25) is 17.7 Å². The molecule has 0 radical (unpaired) electrons. The van der Waals surface area contributed by atoms with Crippen LogP contribution >= 0.6 is 11.6 Å². The second kappa shape index (κ2) is 34.4. The number of aromatic nitrogens is 2. The lowest BCUT2D eigenvalue weighted by Crippen LogP contribution is -2.54. The lowest BCUT2D eigenvalue weighted by molar-refractivity contribution is -0.239. The van der Waals surface area contributed by atoms with Gasteiger partial charge in [-0.15, -0.1) is 0 Å². The van der Waals surface area contributed by atoms with Gasteiger partial charge < -0.3 is 66.6 Å². The lowest BCUT2D eigenvalue weighted by Gasteiger charge is -2.35. The highest BCUT2D eigenvalue weighted by molar-refractivity contribution is 6.31. The van der Waals surface area contributed by atoms with Crippen LogP contribution in [0, 0.1) is 24.7 Å². The topological polar surface area (TPSA) is 313 Å². The molecule has 478 valence electrons. The first-order chi connectivity index (χ1) is 41.7. The average Bonchev–Trinajstić information content (AvgIpc) is 0.989. The number of nitrogens with one attached hydrogen (secondary N) is 6. The predicted octanol–water partition coefficient (Wildman–Crippen LogP) is 7.87. The van der Waals surface area contributed by atoms with Crippen molar-refractivity contribution >= 4 is 70.0 Å². The summed E-state index contributed by atoms with van der Waals surface area (Å²) in [7, 11) is 0. The second-order valence-electron chi connectivity index (χ2n) is 23.4. The number of primary amides is 1. The van der Waals surface area contributed by atoms with Gasteiger partial charge in [-0.2, -0.15) is 0 Å². The third-order valence-electron chi connectivity index (χ3n) is 13.9. The Labute approximate surface area is 519 Å². The molecular weight excluding hydrogens is 1150 g/mol. The maximum Gasteiger partial charge on any atom is 0.407 e. The van der Waals surface area contributed by atoms with E-state index in [0.717, 1.165) is 11.1 Å². The van der Waals surface area contributed by atoms with Crippen molar-refractivity contribution in [1.82, 2.24) is 41.0 Å². The van der Waals surface area contributed by atoms with E-state index < -0.39 is 78.0 Å². The SMILES string of the molecule is Cc1ccc(C(=O)N(CCCNC(=O)OCc2ccc(NC(=O)[C@@H](CCCNC(N)=O)NC(=O)C(NC(=O)CCNC(=O)OCC(OC(CO)C(C)C)OC(C)(C)C)C(C)C)cc2)C(c2nc3cc(Cl)ccc3c(=O)n2Cc2ccccc2)C(C)C)cc1. The van der Waals surface area contributed by atoms with Gasteiger partial charge in [-0.25, -0.2) is 19.4 Å². The summed E-state index contributed by atoms with van der Waals surface area (Å²) in [5, 5.41) is 26.5. The van der Waals surface area contributed by atoms with Gasteiger partial charge in [0.15, 0.2) is 6.29 Å². The van der Waals surface area contributed by atoms with Gasteiger partial charge in [-0.1, -0.05) is 113 Å². The Balaban J connectivity index is 1.18. The van der Waals surface area contributed by atoms with Gasteiger partial charge in [-0.05, 0) is 118 Å². The van der Waals surface area contributed by atoms with Gasteiger partial charge >= 0.3 is 18.2 Å². The van der Waals surface area contributed by atoms with Crippen LogP contribution in [0.3, 0.4) is 0 Å². The van der Waals surface area contributed by atoms with Crippen molar-refractivity contribution in [3.8, 4) is 0 Å². The number of rotatable bonds is 32. The van der Waals surface area contributed by atoms with Crippen LogP contribution in [-0.4, -0.2) is 131 Å². The highest BCUT2D eigenvalue weighted by atomic mass is 35.5. The van der Waals surface area contributed by atoms with E-state index in [1.165, 1.54) is 0 Å². The summed E-state index contributed by atoms with van der Waals surface area (Å²) in [5.41, 5.74) is 7.95. The number of nitrogens with zero attached hydrogens (tertiary/aromatic N) is 3. The number of halogens is 1. The van der Waals surface area contributed by atoms with Crippen LogP contribution in [0.1, 0.15) is 127 Å². The Kier molecular flexibility index (Phi) is 27.6. The molecule has 0 saturated carbocycles. The fraction of sp³-hybridized carbons (Fsp3) is 0.484. The van der Waals surface area contributed by atoms with Crippen molar-refractivity contribution in [1.29, 1.82) is 0 Å². The van der Waals surface area contributed by atoms with Crippen molar-refractivity contribution in [3.05, 3.63) is 141 Å². The van der Waals surface area contributed by atoms with Crippen LogP contribution in [0.15, 0.2) is 102 Å².